The molecule has 1 atom stereocenters. The largest absolute Gasteiger partial charge is 0.479 e. The molecule has 1 aliphatic rings. The Morgan fingerprint density at radius 2 is 2.23 bits per heavy atom. The molecule has 2 N–H and O–H groups in total. The second-order valence-electron chi connectivity index (χ2n) is 5.32. The average molecular weight is 356 g/mol. The van der Waals surface area contributed by atoms with E-state index in [1.807, 2.05) is 23.6 Å². The third-order valence-electron chi connectivity index (χ3n) is 3.78. The molecule has 2 aromatic rings. The number of fused-ring (bicyclic) bond motifs is 1. The number of carbonyl (C=O) groups is 2. The first-order chi connectivity index (χ1) is 10.5. The topological polar surface area (TPSA) is 66.4 Å². The highest BCUT2D eigenvalue weighted by Crippen LogP contribution is 2.30. The van der Waals surface area contributed by atoms with E-state index in [1.54, 1.807) is 23.1 Å². The minimum atomic E-state index is -1.12. The van der Waals surface area contributed by atoms with E-state index >= 15 is 0 Å². The number of thiophene rings is 1. The molecule has 0 aliphatic carbocycles. The van der Waals surface area contributed by atoms with Crippen LogP contribution < -0.4 is 5.32 Å². The van der Waals surface area contributed by atoms with Crippen LogP contribution in [0.15, 0.2) is 23.6 Å². The number of hydrogen-bond donors (Lipinski definition) is 2. The predicted octanol–water partition coefficient (Wildman–Crippen LogP) is 3.17. The molecule has 1 aromatic carbocycles. The van der Waals surface area contributed by atoms with Crippen molar-refractivity contribution in [2.45, 2.75) is 18.4 Å². The van der Waals surface area contributed by atoms with Gasteiger partial charge in [-0.05, 0) is 46.7 Å². The summed E-state index contributed by atoms with van der Waals surface area (Å²) in [5.41, 5.74) is -0.239. The smallest absolute Gasteiger partial charge is 0.330 e. The maximum absolute atomic E-state index is 12.3. The molecule has 1 aromatic heterocycles. The van der Waals surface area contributed by atoms with Crippen LogP contribution in [0, 0.1) is 0 Å². The maximum Gasteiger partial charge on any atom is 0.330 e. The summed E-state index contributed by atoms with van der Waals surface area (Å²) >= 11 is 9.12. The molecule has 116 valence electrons. The van der Waals surface area contributed by atoms with Gasteiger partial charge in [-0.25, -0.2) is 4.79 Å². The monoisotopic (exact) mass is 355 g/mol. The molecule has 0 radical (unpaired) electrons. The van der Waals surface area contributed by atoms with E-state index in [9.17, 15) is 14.7 Å². The average Bonchev–Trinajstić information content (AvgIpc) is 3.07. The van der Waals surface area contributed by atoms with Gasteiger partial charge in [0.15, 0.2) is 0 Å². The first kappa shape index (κ1) is 15.6. The summed E-state index contributed by atoms with van der Waals surface area (Å²) in [5.74, 6) is -0.0398. The van der Waals surface area contributed by atoms with E-state index in [0.717, 1.165) is 21.4 Å². The molecular formula is C15H14ClNO3S2. The van der Waals surface area contributed by atoms with Gasteiger partial charge in [-0.15, -0.1) is 11.3 Å². The summed E-state index contributed by atoms with van der Waals surface area (Å²) in [7, 11) is 0. The first-order valence-corrected chi connectivity index (χ1v) is 9.19. The van der Waals surface area contributed by atoms with Crippen LogP contribution in [0.3, 0.4) is 0 Å². The number of carboxylic acid groups (broad SMARTS) is 1. The van der Waals surface area contributed by atoms with Gasteiger partial charge < -0.3 is 10.4 Å². The summed E-state index contributed by atoms with van der Waals surface area (Å²) in [5, 5.41) is 15.6. The molecule has 0 spiro atoms. The first-order valence-electron chi connectivity index (χ1n) is 6.78. The fourth-order valence-electron chi connectivity index (χ4n) is 2.56. The summed E-state index contributed by atoms with van der Waals surface area (Å²) < 4.78 is 1.07. The lowest BCUT2D eigenvalue weighted by Gasteiger charge is -2.24. The van der Waals surface area contributed by atoms with Crippen molar-refractivity contribution >= 4 is 56.7 Å². The second-order valence-corrected chi connectivity index (χ2v) is 7.77. The molecule has 2 heterocycles. The Labute approximate surface area is 140 Å². The molecule has 1 amide bonds. The number of amides is 1. The lowest BCUT2D eigenvalue weighted by molar-refractivity contribution is -0.146. The number of halogens is 1. The normalized spacial score (nSPS) is 21.1. The number of thioether (sulfide) groups is 1. The Kier molecular flexibility index (Phi) is 4.34. The van der Waals surface area contributed by atoms with Gasteiger partial charge in [-0.2, -0.15) is 11.8 Å². The summed E-state index contributed by atoms with van der Waals surface area (Å²) in [6.07, 6.45) is 0.634. The highest BCUT2D eigenvalue weighted by molar-refractivity contribution is 7.99. The lowest BCUT2D eigenvalue weighted by Crippen LogP contribution is -2.55. The van der Waals surface area contributed by atoms with Crippen LogP contribution in [-0.4, -0.2) is 34.0 Å². The van der Waals surface area contributed by atoms with Crippen molar-refractivity contribution < 1.29 is 14.7 Å². The summed E-state index contributed by atoms with van der Waals surface area (Å²) in [6, 6.07) is 5.59. The minimum absolute atomic E-state index is 0.167. The Bertz CT molecular complexity index is 737. The van der Waals surface area contributed by atoms with Gasteiger partial charge in [-0.1, -0.05) is 11.6 Å². The van der Waals surface area contributed by atoms with Crippen molar-refractivity contribution in [2.24, 2.45) is 0 Å². The van der Waals surface area contributed by atoms with Crippen LogP contribution in [0.25, 0.3) is 10.1 Å². The van der Waals surface area contributed by atoms with Crippen LogP contribution in [0.2, 0.25) is 5.02 Å². The third-order valence-corrected chi connectivity index (χ3v) is 6.21. The highest BCUT2D eigenvalue weighted by Gasteiger charge is 2.43. The summed E-state index contributed by atoms with van der Waals surface area (Å²) in [6.45, 7) is 0. The molecule has 1 saturated heterocycles. The molecule has 3 rings (SSSR count). The molecule has 1 fully saturated rings. The van der Waals surface area contributed by atoms with Gasteiger partial charge in [0.25, 0.3) is 0 Å². The number of carboxylic acids is 1. The SMILES string of the molecule is O=C(Cc1csc2ccc(Cl)cc12)NC1(C(=O)O)CCSC1. The molecule has 1 aliphatic heterocycles. The van der Waals surface area contributed by atoms with Gasteiger partial charge in [0.1, 0.15) is 5.54 Å². The Morgan fingerprint density at radius 1 is 1.41 bits per heavy atom. The number of carbonyl (C=O) groups excluding carboxylic acids is 1. The van der Waals surface area contributed by atoms with E-state index in [2.05, 4.69) is 5.32 Å². The predicted molar refractivity (Wildman–Crippen MR) is 91.0 cm³/mol. The zero-order chi connectivity index (χ0) is 15.7. The number of aliphatic carboxylic acids is 1. The number of benzene rings is 1. The van der Waals surface area contributed by atoms with E-state index in [4.69, 9.17) is 11.6 Å². The van der Waals surface area contributed by atoms with Crippen molar-refractivity contribution in [1.29, 1.82) is 0 Å². The van der Waals surface area contributed by atoms with Crippen molar-refractivity contribution in [3.05, 3.63) is 34.2 Å². The number of nitrogens with one attached hydrogen (secondary N) is 1. The maximum atomic E-state index is 12.3. The molecule has 22 heavy (non-hydrogen) atoms. The standard InChI is InChI=1S/C15H14ClNO3S2/c16-10-1-2-12-11(6-10)9(7-22-12)5-13(18)17-15(14(19)20)3-4-21-8-15/h1-2,6-7H,3-5,8H2,(H,17,18)(H,19,20). The van der Waals surface area contributed by atoms with Crippen molar-refractivity contribution in [2.75, 3.05) is 11.5 Å². The number of rotatable bonds is 4. The van der Waals surface area contributed by atoms with Gasteiger partial charge in [0.05, 0.1) is 6.42 Å². The molecular weight excluding hydrogens is 342 g/mol. The Balaban J connectivity index is 1.78. The quantitative estimate of drug-likeness (QED) is 0.884. The zero-order valence-corrected chi connectivity index (χ0v) is 14.0. The fraction of sp³-hybridized carbons (Fsp3) is 0.333. The van der Waals surface area contributed by atoms with Gasteiger partial charge in [-0.3, -0.25) is 4.79 Å². The Hall–Kier alpha value is -1.24. The van der Waals surface area contributed by atoms with E-state index < -0.39 is 11.5 Å². The molecule has 0 saturated carbocycles. The molecule has 7 heteroatoms. The van der Waals surface area contributed by atoms with Gasteiger partial charge >= 0.3 is 5.97 Å². The van der Waals surface area contributed by atoms with Crippen LogP contribution in [0.5, 0.6) is 0 Å². The summed E-state index contributed by atoms with van der Waals surface area (Å²) in [4.78, 5) is 23.8. The number of hydrogen-bond acceptors (Lipinski definition) is 4. The highest BCUT2D eigenvalue weighted by atomic mass is 35.5. The van der Waals surface area contributed by atoms with E-state index in [-0.39, 0.29) is 12.3 Å². The van der Waals surface area contributed by atoms with Crippen molar-refractivity contribution in [3.63, 3.8) is 0 Å². The zero-order valence-electron chi connectivity index (χ0n) is 11.6. The van der Waals surface area contributed by atoms with Gasteiger partial charge in [0, 0.05) is 15.5 Å². The Morgan fingerprint density at radius 3 is 2.91 bits per heavy atom. The molecule has 4 nitrogen and oxygen atoms in total. The van der Waals surface area contributed by atoms with Crippen LogP contribution in [0.1, 0.15) is 12.0 Å². The van der Waals surface area contributed by atoms with Crippen molar-refractivity contribution in [3.8, 4) is 0 Å². The molecule has 0 bridgehead atoms. The van der Waals surface area contributed by atoms with Gasteiger partial charge in [0.2, 0.25) is 5.91 Å². The second kappa shape index (κ2) is 6.10. The lowest BCUT2D eigenvalue weighted by atomic mass is 9.98. The van der Waals surface area contributed by atoms with Crippen molar-refractivity contribution in [1.82, 2.24) is 5.32 Å². The molecule has 1 unspecified atom stereocenters. The van der Waals surface area contributed by atoms with Crippen LogP contribution >= 0.6 is 34.7 Å². The van der Waals surface area contributed by atoms with Crippen LogP contribution in [-0.2, 0) is 16.0 Å². The minimum Gasteiger partial charge on any atom is -0.479 e. The fourth-order valence-corrected chi connectivity index (χ4v) is 5.00. The van der Waals surface area contributed by atoms with Crippen LogP contribution in [0.4, 0.5) is 0 Å². The van der Waals surface area contributed by atoms with E-state index in [0.29, 0.717) is 17.2 Å². The van der Waals surface area contributed by atoms with E-state index in [1.165, 1.54) is 0 Å². The third kappa shape index (κ3) is 2.95.